The van der Waals surface area contributed by atoms with Gasteiger partial charge < -0.3 is 4.90 Å². The molecular formula is C14H14ClN3OS2. The second-order valence-electron chi connectivity index (χ2n) is 4.26. The largest absolute Gasteiger partial charge is 0.341 e. The summed E-state index contributed by atoms with van der Waals surface area (Å²) in [6.45, 7) is 3.03. The van der Waals surface area contributed by atoms with E-state index in [0.717, 1.165) is 14.6 Å². The summed E-state index contributed by atoms with van der Waals surface area (Å²) >= 11 is 8.92. The predicted molar refractivity (Wildman–Crippen MR) is 87.8 cm³/mol. The summed E-state index contributed by atoms with van der Waals surface area (Å²) in [6, 6.07) is 7.66. The lowest BCUT2D eigenvalue weighted by Gasteiger charge is -2.18. The molecule has 0 aliphatic rings. The molecule has 0 unspecified atom stereocenters. The van der Waals surface area contributed by atoms with Gasteiger partial charge >= 0.3 is 0 Å². The Balaban J connectivity index is 1.97. The van der Waals surface area contributed by atoms with Crippen LogP contribution in [0.15, 0.2) is 22.5 Å². The second-order valence-corrected chi connectivity index (χ2v) is 6.95. The van der Waals surface area contributed by atoms with E-state index in [1.807, 2.05) is 25.1 Å². The molecule has 1 aromatic heterocycles. The Labute approximate surface area is 136 Å². The Morgan fingerprint density at radius 2 is 2.38 bits per heavy atom. The van der Waals surface area contributed by atoms with Gasteiger partial charge in [0.2, 0.25) is 5.91 Å². The molecule has 0 aliphatic carbocycles. The molecule has 0 spiro atoms. The van der Waals surface area contributed by atoms with Crippen molar-refractivity contribution in [1.82, 2.24) is 9.88 Å². The number of carbonyl (C=O) groups excluding carboxylic acids is 1. The standard InChI is InChI=1S/C14H14ClN3OS2/c1-2-18(7-3-6-16)13(19)9-20-14-17-11-8-10(15)4-5-12(11)21-14/h4-5,8H,2-3,7,9H2,1H3. The van der Waals surface area contributed by atoms with E-state index >= 15 is 0 Å². The number of hydrogen-bond acceptors (Lipinski definition) is 5. The molecule has 21 heavy (non-hydrogen) atoms. The summed E-state index contributed by atoms with van der Waals surface area (Å²) < 4.78 is 1.92. The first-order chi connectivity index (χ1) is 10.1. The van der Waals surface area contributed by atoms with Crippen LogP contribution in [0, 0.1) is 11.3 Å². The minimum Gasteiger partial charge on any atom is -0.341 e. The maximum atomic E-state index is 12.1. The zero-order valence-electron chi connectivity index (χ0n) is 11.5. The molecule has 0 saturated carbocycles. The number of rotatable bonds is 6. The van der Waals surface area contributed by atoms with Gasteiger partial charge in [-0.3, -0.25) is 4.79 Å². The van der Waals surface area contributed by atoms with Gasteiger partial charge in [-0.05, 0) is 25.1 Å². The van der Waals surface area contributed by atoms with E-state index in [1.54, 1.807) is 16.2 Å². The first-order valence-electron chi connectivity index (χ1n) is 6.47. The highest BCUT2D eigenvalue weighted by Crippen LogP contribution is 2.31. The molecule has 1 amide bonds. The Bertz CT molecular complexity index is 680. The number of thioether (sulfide) groups is 1. The van der Waals surface area contributed by atoms with Crippen LogP contribution in [0.5, 0.6) is 0 Å². The third-order valence-electron chi connectivity index (χ3n) is 2.88. The number of carbonyl (C=O) groups is 1. The van der Waals surface area contributed by atoms with Crippen molar-refractivity contribution in [2.24, 2.45) is 0 Å². The van der Waals surface area contributed by atoms with Gasteiger partial charge in [0.25, 0.3) is 0 Å². The molecule has 0 radical (unpaired) electrons. The van der Waals surface area contributed by atoms with Crippen molar-refractivity contribution >= 4 is 50.8 Å². The molecule has 0 N–H and O–H groups in total. The molecule has 4 nitrogen and oxygen atoms in total. The zero-order valence-corrected chi connectivity index (χ0v) is 13.9. The molecule has 110 valence electrons. The van der Waals surface area contributed by atoms with Gasteiger partial charge in [0.05, 0.1) is 28.5 Å². The average Bonchev–Trinajstić information content (AvgIpc) is 2.87. The van der Waals surface area contributed by atoms with Crippen LogP contribution in [0.3, 0.4) is 0 Å². The fraction of sp³-hybridized carbons (Fsp3) is 0.357. The van der Waals surface area contributed by atoms with Crippen LogP contribution >= 0.6 is 34.7 Å². The fourth-order valence-electron chi connectivity index (χ4n) is 1.80. The third-order valence-corrected chi connectivity index (χ3v) is 5.28. The molecule has 0 aliphatic heterocycles. The van der Waals surface area contributed by atoms with Gasteiger partial charge in [-0.25, -0.2) is 4.98 Å². The molecule has 0 fully saturated rings. The highest BCUT2D eigenvalue weighted by molar-refractivity contribution is 8.01. The number of thiazole rings is 1. The highest BCUT2D eigenvalue weighted by Gasteiger charge is 2.13. The lowest BCUT2D eigenvalue weighted by atomic mass is 10.3. The lowest BCUT2D eigenvalue weighted by molar-refractivity contribution is -0.128. The number of hydrogen-bond donors (Lipinski definition) is 0. The summed E-state index contributed by atoms with van der Waals surface area (Å²) in [7, 11) is 0. The topological polar surface area (TPSA) is 57.0 Å². The van der Waals surface area contributed by atoms with Crippen LogP contribution in [0.25, 0.3) is 10.2 Å². The van der Waals surface area contributed by atoms with Crippen LogP contribution in [-0.4, -0.2) is 34.6 Å². The molecule has 0 saturated heterocycles. The number of nitriles is 1. The normalized spacial score (nSPS) is 10.5. The molecule has 1 aromatic carbocycles. The Morgan fingerprint density at radius 3 is 3.10 bits per heavy atom. The maximum absolute atomic E-state index is 12.1. The zero-order chi connectivity index (χ0) is 15.2. The Kier molecular flexibility index (Phi) is 5.85. The number of amides is 1. The molecule has 0 atom stereocenters. The van der Waals surface area contributed by atoms with Crippen LogP contribution in [0.1, 0.15) is 13.3 Å². The van der Waals surface area contributed by atoms with E-state index in [9.17, 15) is 4.79 Å². The SMILES string of the molecule is CCN(CCC#N)C(=O)CSc1nc2cc(Cl)ccc2s1. The quantitative estimate of drug-likeness (QED) is 0.751. The van der Waals surface area contributed by atoms with Crippen molar-refractivity contribution < 1.29 is 4.79 Å². The number of halogens is 1. The van der Waals surface area contributed by atoms with Crippen molar-refractivity contribution in [2.75, 3.05) is 18.8 Å². The van der Waals surface area contributed by atoms with Gasteiger partial charge in [0, 0.05) is 18.1 Å². The summed E-state index contributed by atoms with van der Waals surface area (Å²) in [5.41, 5.74) is 0.860. The van der Waals surface area contributed by atoms with E-state index in [2.05, 4.69) is 11.1 Å². The van der Waals surface area contributed by atoms with E-state index in [1.165, 1.54) is 11.8 Å². The molecule has 0 bridgehead atoms. The highest BCUT2D eigenvalue weighted by atomic mass is 35.5. The van der Waals surface area contributed by atoms with Gasteiger partial charge in [-0.2, -0.15) is 5.26 Å². The van der Waals surface area contributed by atoms with E-state index < -0.39 is 0 Å². The van der Waals surface area contributed by atoms with E-state index in [4.69, 9.17) is 16.9 Å². The molecular weight excluding hydrogens is 326 g/mol. The summed E-state index contributed by atoms with van der Waals surface area (Å²) in [4.78, 5) is 18.2. The first-order valence-corrected chi connectivity index (χ1v) is 8.65. The summed E-state index contributed by atoms with van der Waals surface area (Å²) in [5.74, 6) is 0.377. The minimum absolute atomic E-state index is 0.0371. The van der Waals surface area contributed by atoms with Crippen LogP contribution in [0.4, 0.5) is 0 Å². The van der Waals surface area contributed by atoms with Crippen LogP contribution < -0.4 is 0 Å². The first kappa shape index (κ1) is 16.1. The molecule has 2 aromatic rings. The minimum atomic E-state index is 0.0371. The Morgan fingerprint density at radius 1 is 1.57 bits per heavy atom. The predicted octanol–water partition coefficient (Wildman–Crippen LogP) is 3.80. The van der Waals surface area contributed by atoms with Crippen molar-refractivity contribution in [3.8, 4) is 6.07 Å². The Hall–Kier alpha value is -1.29. The maximum Gasteiger partial charge on any atom is 0.233 e. The van der Waals surface area contributed by atoms with Gasteiger partial charge in [-0.15, -0.1) is 11.3 Å². The second kappa shape index (κ2) is 7.64. The number of aromatic nitrogens is 1. The fourth-order valence-corrected chi connectivity index (χ4v) is 3.92. The van der Waals surface area contributed by atoms with Crippen molar-refractivity contribution in [3.05, 3.63) is 23.2 Å². The van der Waals surface area contributed by atoms with E-state index in [0.29, 0.717) is 30.3 Å². The van der Waals surface area contributed by atoms with Gasteiger partial charge in [0.1, 0.15) is 0 Å². The number of fused-ring (bicyclic) bond motifs is 1. The third kappa shape index (κ3) is 4.34. The monoisotopic (exact) mass is 339 g/mol. The molecule has 2 rings (SSSR count). The molecule has 7 heteroatoms. The number of benzene rings is 1. The molecule has 1 heterocycles. The lowest BCUT2D eigenvalue weighted by Crippen LogP contribution is -2.32. The summed E-state index contributed by atoms with van der Waals surface area (Å²) in [6.07, 6.45) is 0.365. The van der Waals surface area contributed by atoms with Crippen LogP contribution in [-0.2, 0) is 4.79 Å². The smallest absolute Gasteiger partial charge is 0.233 e. The van der Waals surface area contributed by atoms with Gasteiger partial charge in [0.15, 0.2) is 4.34 Å². The van der Waals surface area contributed by atoms with Crippen LogP contribution in [0.2, 0.25) is 5.02 Å². The van der Waals surface area contributed by atoms with Crippen molar-refractivity contribution in [1.29, 1.82) is 5.26 Å². The average molecular weight is 340 g/mol. The van der Waals surface area contributed by atoms with Crippen molar-refractivity contribution in [3.63, 3.8) is 0 Å². The number of nitrogens with zero attached hydrogens (tertiary/aromatic N) is 3. The van der Waals surface area contributed by atoms with Gasteiger partial charge in [-0.1, -0.05) is 23.4 Å². The van der Waals surface area contributed by atoms with Crippen molar-refractivity contribution in [2.45, 2.75) is 17.7 Å². The van der Waals surface area contributed by atoms with E-state index in [-0.39, 0.29) is 5.91 Å². The summed E-state index contributed by atoms with van der Waals surface area (Å²) in [5, 5.41) is 9.25.